The van der Waals surface area contributed by atoms with Gasteiger partial charge in [0.15, 0.2) is 5.96 Å². The fourth-order valence-electron chi connectivity index (χ4n) is 2.86. The third-order valence-electron chi connectivity index (χ3n) is 4.85. The standard InChI is InChI=1S/C19H32N4O.HI/c1-14(2)15(3)22-19(20-4)21-12-16-9-10-23(13-16)17-7-6-8-18(11-17)24-5;/h6-8,11,14-16H,9-10,12-13H2,1-5H3,(H2,20,21,22);1H. The van der Waals surface area contributed by atoms with Gasteiger partial charge >= 0.3 is 0 Å². The van der Waals surface area contributed by atoms with Crippen molar-refractivity contribution in [1.29, 1.82) is 0 Å². The molecule has 25 heavy (non-hydrogen) atoms. The van der Waals surface area contributed by atoms with Crippen LogP contribution in [0, 0.1) is 11.8 Å². The molecule has 0 aliphatic carbocycles. The van der Waals surface area contributed by atoms with E-state index in [0.29, 0.717) is 17.9 Å². The summed E-state index contributed by atoms with van der Waals surface area (Å²) in [6, 6.07) is 8.72. The molecular formula is C19H33IN4O. The molecule has 1 aliphatic heterocycles. The highest BCUT2D eigenvalue weighted by atomic mass is 127. The number of methoxy groups -OCH3 is 1. The van der Waals surface area contributed by atoms with Crippen molar-refractivity contribution in [3.63, 3.8) is 0 Å². The molecule has 2 N–H and O–H groups in total. The number of aliphatic imine (C=N–C) groups is 1. The van der Waals surface area contributed by atoms with E-state index in [0.717, 1.165) is 31.3 Å². The maximum Gasteiger partial charge on any atom is 0.191 e. The van der Waals surface area contributed by atoms with Gasteiger partial charge in [-0.15, -0.1) is 24.0 Å². The molecule has 2 atom stereocenters. The van der Waals surface area contributed by atoms with Crippen LogP contribution in [0.3, 0.4) is 0 Å². The van der Waals surface area contributed by atoms with Crippen LogP contribution in [0.15, 0.2) is 29.3 Å². The SMILES string of the molecule is CN=C(NCC1CCN(c2cccc(OC)c2)C1)NC(C)C(C)C.I. The number of hydrogen-bond donors (Lipinski definition) is 2. The van der Waals surface area contributed by atoms with Crippen LogP contribution < -0.4 is 20.3 Å². The molecule has 1 fully saturated rings. The van der Waals surface area contributed by atoms with Crippen molar-refractivity contribution in [2.75, 3.05) is 38.7 Å². The Balaban J connectivity index is 0.00000312. The van der Waals surface area contributed by atoms with Gasteiger partial charge in [0.2, 0.25) is 0 Å². The topological polar surface area (TPSA) is 48.9 Å². The first-order valence-electron chi connectivity index (χ1n) is 8.89. The summed E-state index contributed by atoms with van der Waals surface area (Å²) in [5.41, 5.74) is 1.24. The van der Waals surface area contributed by atoms with Crippen molar-refractivity contribution in [3.8, 4) is 5.75 Å². The van der Waals surface area contributed by atoms with Gasteiger partial charge < -0.3 is 20.3 Å². The molecule has 1 heterocycles. The van der Waals surface area contributed by atoms with Crippen molar-refractivity contribution in [2.24, 2.45) is 16.8 Å². The van der Waals surface area contributed by atoms with Crippen molar-refractivity contribution in [2.45, 2.75) is 33.2 Å². The monoisotopic (exact) mass is 460 g/mol. The van der Waals surface area contributed by atoms with E-state index < -0.39 is 0 Å². The van der Waals surface area contributed by atoms with Crippen LogP contribution in [0.4, 0.5) is 5.69 Å². The van der Waals surface area contributed by atoms with E-state index in [9.17, 15) is 0 Å². The van der Waals surface area contributed by atoms with E-state index in [1.54, 1.807) is 7.11 Å². The van der Waals surface area contributed by atoms with Gasteiger partial charge in [0.1, 0.15) is 5.75 Å². The lowest BCUT2D eigenvalue weighted by atomic mass is 10.1. The Morgan fingerprint density at radius 1 is 1.36 bits per heavy atom. The molecule has 142 valence electrons. The summed E-state index contributed by atoms with van der Waals surface area (Å²) in [6.45, 7) is 9.73. The Bertz CT molecular complexity index is 550. The highest BCUT2D eigenvalue weighted by Crippen LogP contribution is 2.26. The first kappa shape index (κ1) is 21.9. The van der Waals surface area contributed by atoms with E-state index in [1.807, 2.05) is 13.1 Å². The molecule has 0 spiro atoms. The zero-order valence-electron chi connectivity index (χ0n) is 16.1. The smallest absolute Gasteiger partial charge is 0.191 e. The van der Waals surface area contributed by atoms with Crippen molar-refractivity contribution in [3.05, 3.63) is 24.3 Å². The normalized spacial score (nSPS) is 18.7. The van der Waals surface area contributed by atoms with Crippen LogP contribution in [-0.2, 0) is 0 Å². The molecule has 0 saturated carbocycles. The van der Waals surface area contributed by atoms with Gasteiger partial charge in [-0.1, -0.05) is 19.9 Å². The van der Waals surface area contributed by atoms with Crippen molar-refractivity contribution < 1.29 is 4.74 Å². The minimum absolute atomic E-state index is 0. The summed E-state index contributed by atoms with van der Waals surface area (Å²) in [5, 5.41) is 6.94. The summed E-state index contributed by atoms with van der Waals surface area (Å²) in [7, 11) is 3.55. The summed E-state index contributed by atoms with van der Waals surface area (Å²) in [5.74, 6) is 3.03. The van der Waals surface area contributed by atoms with Gasteiger partial charge in [-0.25, -0.2) is 0 Å². The average Bonchev–Trinajstić information content (AvgIpc) is 3.07. The molecule has 6 heteroatoms. The Morgan fingerprint density at radius 3 is 2.76 bits per heavy atom. The number of guanidine groups is 1. The number of ether oxygens (including phenoxy) is 1. The van der Waals surface area contributed by atoms with Gasteiger partial charge in [0.25, 0.3) is 0 Å². The van der Waals surface area contributed by atoms with E-state index in [4.69, 9.17) is 4.74 Å². The molecule has 5 nitrogen and oxygen atoms in total. The molecule has 1 saturated heterocycles. The zero-order chi connectivity index (χ0) is 17.5. The van der Waals surface area contributed by atoms with Gasteiger partial charge in [-0.05, 0) is 37.3 Å². The van der Waals surface area contributed by atoms with Gasteiger partial charge in [0.05, 0.1) is 7.11 Å². The lowest BCUT2D eigenvalue weighted by Crippen LogP contribution is -2.45. The van der Waals surface area contributed by atoms with Gasteiger partial charge in [-0.2, -0.15) is 0 Å². The summed E-state index contributed by atoms with van der Waals surface area (Å²) < 4.78 is 5.33. The summed E-state index contributed by atoms with van der Waals surface area (Å²) >= 11 is 0. The first-order chi connectivity index (χ1) is 11.5. The minimum Gasteiger partial charge on any atom is -0.497 e. The van der Waals surface area contributed by atoms with Crippen LogP contribution in [0.2, 0.25) is 0 Å². The van der Waals surface area contributed by atoms with Crippen LogP contribution in [0.25, 0.3) is 0 Å². The fraction of sp³-hybridized carbons (Fsp3) is 0.632. The zero-order valence-corrected chi connectivity index (χ0v) is 18.4. The molecule has 0 bridgehead atoms. The van der Waals surface area contributed by atoms with Gasteiger partial charge in [-0.3, -0.25) is 4.99 Å². The molecule has 2 unspecified atom stereocenters. The largest absolute Gasteiger partial charge is 0.497 e. The minimum atomic E-state index is 0. The highest BCUT2D eigenvalue weighted by molar-refractivity contribution is 14.0. The number of benzene rings is 1. The molecular weight excluding hydrogens is 427 g/mol. The predicted octanol–water partition coefficient (Wildman–Crippen LogP) is 3.35. The lowest BCUT2D eigenvalue weighted by Gasteiger charge is -2.22. The molecule has 0 amide bonds. The quantitative estimate of drug-likeness (QED) is 0.389. The Morgan fingerprint density at radius 2 is 2.12 bits per heavy atom. The Labute approximate surface area is 169 Å². The third kappa shape index (κ3) is 6.56. The second-order valence-electron chi connectivity index (χ2n) is 6.93. The molecule has 0 radical (unpaired) electrons. The van der Waals surface area contributed by atoms with E-state index in [1.165, 1.54) is 12.1 Å². The van der Waals surface area contributed by atoms with Crippen LogP contribution in [0.5, 0.6) is 5.75 Å². The van der Waals surface area contributed by atoms with E-state index in [-0.39, 0.29) is 24.0 Å². The lowest BCUT2D eigenvalue weighted by molar-refractivity contribution is 0.415. The molecule has 1 aromatic carbocycles. The first-order valence-corrected chi connectivity index (χ1v) is 8.89. The number of nitrogens with zero attached hydrogens (tertiary/aromatic N) is 2. The maximum atomic E-state index is 5.33. The number of nitrogens with one attached hydrogen (secondary N) is 2. The molecule has 1 aliphatic rings. The Kier molecular flexibility index (Phi) is 9.38. The van der Waals surface area contributed by atoms with E-state index >= 15 is 0 Å². The Hall–Kier alpha value is -1.18. The summed E-state index contributed by atoms with van der Waals surface area (Å²) in [4.78, 5) is 6.77. The highest BCUT2D eigenvalue weighted by Gasteiger charge is 2.23. The number of hydrogen-bond acceptors (Lipinski definition) is 3. The second kappa shape index (κ2) is 10.7. The number of rotatable bonds is 6. The van der Waals surface area contributed by atoms with Crippen LogP contribution in [0.1, 0.15) is 27.2 Å². The molecule has 0 aromatic heterocycles. The van der Waals surface area contributed by atoms with Crippen molar-refractivity contribution in [1.82, 2.24) is 10.6 Å². The van der Waals surface area contributed by atoms with Crippen LogP contribution in [-0.4, -0.2) is 45.8 Å². The number of anilines is 1. The van der Waals surface area contributed by atoms with Gasteiger partial charge in [0, 0.05) is 44.5 Å². The number of halogens is 1. The predicted molar refractivity (Wildman–Crippen MR) is 118 cm³/mol. The molecule has 1 aromatic rings. The molecule has 2 rings (SSSR count). The van der Waals surface area contributed by atoms with E-state index in [2.05, 4.69) is 59.5 Å². The van der Waals surface area contributed by atoms with Crippen LogP contribution >= 0.6 is 24.0 Å². The second-order valence-corrected chi connectivity index (χ2v) is 6.93. The fourth-order valence-corrected chi connectivity index (χ4v) is 2.86. The maximum absolute atomic E-state index is 5.33. The van der Waals surface area contributed by atoms with Crippen molar-refractivity contribution >= 4 is 35.6 Å². The summed E-state index contributed by atoms with van der Waals surface area (Å²) in [6.07, 6.45) is 1.20. The average molecular weight is 460 g/mol. The third-order valence-corrected chi connectivity index (χ3v) is 4.85.